The van der Waals surface area contributed by atoms with E-state index in [4.69, 9.17) is 4.74 Å². The number of fused-ring (bicyclic) bond motifs is 1. The van der Waals surface area contributed by atoms with E-state index in [2.05, 4.69) is 31.3 Å². The largest absolute Gasteiger partial charge is 0.482 e. The van der Waals surface area contributed by atoms with Crippen LogP contribution in [0.4, 0.5) is 11.4 Å². The lowest BCUT2D eigenvalue weighted by atomic mass is 10.00. The zero-order chi connectivity index (χ0) is 21.8. The number of anilines is 1. The molecule has 2 aromatic carbocycles. The van der Waals surface area contributed by atoms with Crippen LogP contribution in [0.25, 0.3) is 0 Å². The number of nitrogens with one attached hydrogen (secondary N) is 1. The Bertz CT molecular complexity index is 956. The number of carbonyl (C=O) groups excluding carboxylic acids is 2. The van der Waals surface area contributed by atoms with Crippen molar-refractivity contribution in [2.75, 3.05) is 18.1 Å². The van der Waals surface area contributed by atoms with Crippen molar-refractivity contribution in [2.24, 2.45) is 5.92 Å². The van der Waals surface area contributed by atoms with Gasteiger partial charge in [-0.05, 0) is 36.5 Å². The number of nitrogens with zero attached hydrogens (tertiary/aromatic N) is 2. The van der Waals surface area contributed by atoms with Crippen LogP contribution in [0.15, 0.2) is 42.5 Å². The molecule has 8 heteroatoms. The molecule has 1 heterocycles. The van der Waals surface area contributed by atoms with Crippen molar-refractivity contribution < 1.29 is 19.2 Å². The first kappa shape index (κ1) is 21.3. The van der Waals surface area contributed by atoms with E-state index in [1.807, 2.05) is 19.1 Å². The van der Waals surface area contributed by atoms with E-state index in [0.717, 1.165) is 12.0 Å². The van der Waals surface area contributed by atoms with E-state index in [1.165, 1.54) is 28.7 Å². The highest BCUT2D eigenvalue weighted by Gasteiger charge is 2.29. The van der Waals surface area contributed by atoms with Crippen LogP contribution in [0.2, 0.25) is 0 Å². The Balaban J connectivity index is 1.69. The van der Waals surface area contributed by atoms with Gasteiger partial charge in [-0.3, -0.25) is 24.6 Å². The van der Waals surface area contributed by atoms with Crippen LogP contribution in [0.5, 0.6) is 5.75 Å². The van der Waals surface area contributed by atoms with Crippen LogP contribution < -0.4 is 15.0 Å². The van der Waals surface area contributed by atoms with Crippen LogP contribution in [0.3, 0.4) is 0 Å². The third kappa shape index (κ3) is 4.94. The highest BCUT2D eigenvalue weighted by atomic mass is 16.6. The molecule has 1 N–H and O–H groups in total. The fourth-order valence-electron chi connectivity index (χ4n) is 3.41. The number of ether oxygens (including phenoxy) is 1. The molecule has 0 aromatic heterocycles. The van der Waals surface area contributed by atoms with Crippen molar-refractivity contribution in [3.8, 4) is 5.75 Å². The van der Waals surface area contributed by atoms with Crippen LogP contribution in [-0.2, 0) is 16.0 Å². The molecule has 1 aliphatic heterocycles. The number of carbonyl (C=O) groups is 2. The Labute approximate surface area is 175 Å². The summed E-state index contributed by atoms with van der Waals surface area (Å²) in [7, 11) is 0. The molecule has 0 fully saturated rings. The summed E-state index contributed by atoms with van der Waals surface area (Å²) < 4.78 is 5.33. The maximum Gasteiger partial charge on any atom is 0.271 e. The molecule has 0 saturated heterocycles. The first-order valence-corrected chi connectivity index (χ1v) is 9.84. The Kier molecular flexibility index (Phi) is 6.34. The molecule has 8 nitrogen and oxygen atoms in total. The molecule has 3 rings (SSSR count). The molecule has 0 saturated carbocycles. The van der Waals surface area contributed by atoms with E-state index in [1.54, 1.807) is 0 Å². The quantitative estimate of drug-likeness (QED) is 0.556. The van der Waals surface area contributed by atoms with Crippen molar-refractivity contribution in [3.05, 3.63) is 63.7 Å². The second kappa shape index (κ2) is 8.94. The molecule has 158 valence electrons. The molecule has 1 atom stereocenters. The Morgan fingerprint density at radius 2 is 1.90 bits per heavy atom. The van der Waals surface area contributed by atoms with Gasteiger partial charge in [0.2, 0.25) is 5.91 Å². The average molecular weight is 411 g/mol. The number of nitro benzene ring substituents is 1. The minimum absolute atomic E-state index is 0.174. The van der Waals surface area contributed by atoms with Crippen molar-refractivity contribution in [2.45, 2.75) is 33.2 Å². The summed E-state index contributed by atoms with van der Waals surface area (Å²) in [6, 6.07) is 11.8. The van der Waals surface area contributed by atoms with Gasteiger partial charge in [0.25, 0.3) is 11.6 Å². The smallest absolute Gasteiger partial charge is 0.271 e. The number of amides is 2. The lowest BCUT2D eigenvalue weighted by Crippen LogP contribution is -2.45. The second-order valence-electron chi connectivity index (χ2n) is 7.81. The minimum Gasteiger partial charge on any atom is -0.482 e. The van der Waals surface area contributed by atoms with Gasteiger partial charge in [0.05, 0.1) is 16.7 Å². The summed E-state index contributed by atoms with van der Waals surface area (Å²) >= 11 is 0. The number of benzene rings is 2. The molecular weight excluding hydrogens is 386 g/mol. The van der Waals surface area contributed by atoms with Crippen LogP contribution >= 0.6 is 0 Å². The van der Waals surface area contributed by atoms with Crippen molar-refractivity contribution >= 4 is 23.2 Å². The van der Waals surface area contributed by atoms with Crippen molar-refractivity contribution in [3.63, 3.8) is 0 Å². The maximum absolute atomic E-state index is 12.6. The summed E-state index contributed by atoms with van der Waals surface area (Å²) in [5.74, 6) is 0.116. The maximum atomic E-state index is 12.6. The van der Waals surface area contributed by atoms with Gasteiger partial charge in [-0.1, -0.05) is 38.1 Å². The summed E-state index contributed by atoms with van der Waals surface area (Å²) in [6.45, 7) is 5.74. The number of hydrogen-bond acceptors (Lipinski definition) is 5. The monoisotopic (exact) mass is 411 g/mol. The van der Waals surface area contributed by atoms with Gasteiger partial charge in [-0.2, -0.15) is 0 Å². The van der Waals surface area contributed by atoms with Gasteiger partial charge in [0.1, 0.15) is 12.3 Å². The lowest BCUT2D eigenvalue weighted by Gasteiger charge is -2.29. The second-order valence-corrected chi connectivity index (χ2v) is 7.81. The molecule has 1 aliphatic rings. The first-order chi connectivity index (χ1) is 14.2. The van der Waals surface area contributed by atoms with Crippen LogP contribution in [0, 0.1) is 16.0 Å². The predicted molar refractivity (Wildman–Crippen MR) is 112 cm³/mol. The van der Waals surface area contributed by atoms with Crippen molar-refractivity contribution in [1.82, 2.24) is 5.32 Å². The molecule has 2 amide bonds. The van der Waals surface area contributed by atoms with E-state index >= 15 is 0 Å². The fourth-order valence-corrected chi connectivity index (χ4v) is 3.41. The molecule has 0 aliphatic carbocycles. The average Bonchev–Trinajstić information content (AvgIpc) is 2.69. The molecule has 30 heavy (non-hydrogen) atoms. The molecule has 0 radical (unpaired) electrons. The van der Waals surface area contributed by atoms with Gasteiger partial charge >= 0.3 is 0 Å². The van der Waals surface area contributed by atoms with Gasteiger partial charge in [-0.15, -0.1) is 0 Å². The van der Waals surface area contributed by atoms with Crippen molar-refractivity contribution in [1.29, 1.82) is 0 Å². The van der Waals surface area contributed by atoms with Gasteiger partial charge < -0.3 is 10.1 Å². The Hall–Kier alpha value is -3.42. The van der Waals surface area contributed by atoms with Crippen LogP contribution in [0.1, 0.15) is 37.9 Å². The van der Waals surface area contributed by atoms with Gasteiger partial charge in [0, 0.05) is 12.1 Å². The normalized spacial score (nSPS) is 14.1. The zero-order valence-electron chi connectivity index (χ0n) is 17.3. The molecule has 0 bridgehead atoms. The minimum atomic E-state index is -0.553. The lowest BCUT2D eigenvalue weighted by molar-refractivity contribution is -0.384. The Morgan fingerprint density at radius 3 is 2.53 bits per heavy atom. The topological polar surface area (TPSA) is 102 Å². The summed E-state index contributed by atoms with van der Waals surface area (Å²) in [6.07, 6.45) is 0.992. The van der Waals surface area contributed by atoms with Crippen LogP contribution in [-0.4, -0.2) is 29.9 Å². The van der Waals surface area contributed by atoms with Gasteiger partial charge in [-0.25, -0.2) is 0 Å². The standard InChI is InChI=1S/C22H25N3O5/c1-14(2)10-16-4-6-17(7-5-16)15(3)23-21(26)12-24-19-11-18(25(28)29)8-9-20(19)30-13-22(24)27/h4-9,11,14-15H,10,12-13H2,1-3H3,(H,23,26)/t15-/m1/s1. The van der Waals surface area contributed by atoms with E-state index in [9.17, 15) is 19.7 Å². The predicted octanol–water partition coefficient (Wildman–Crippen LogP) is 3.40. The Morgan fingerprint density at radius 1 is 1.20 bits per heavy atom. The highest BCUT2D eigenvalue weighted by molar-refractivity contribution is 6.02. The molecule has 0 spiro atoms. The van der Waals surface area contributed by atoms with E-state index < -0.39 is 10.8 Å². The number of nitro groups is 1. The highest BCUT2D eigenvalue weighted by Crippen LogP contribution is 2.35. The third-order valence-electron chi connectivity index (χ3n) is 4.90. The SMILES string of the molecule is CC(C)Cc1ccc([C@@H](C)NC(=O)CN2C(=O)COc3ccc([N+](=O)[O-])cc32)cc1. The van der Waals surface area contributed by atoms with E-state index in [0.29, 0.717) is 11.7 Å². The third-order valence-corrected chi connectivity index (χ3v) is 4.90. The molecule has 0 unspecified atom stereocenters. The molecular formula is C22H25N3O5. The number of rotatable bonds is 7. The summed E-state index contributed by atoms with van der Waals surface area (Å²) in [5, 5.41) is 13.9. The summed E-state index contributed by atoms with van der Waals surface area (Å²) in [4.78, 5) is 36.6. The fraction of sp³-hybridized carbons (Fsp3) is 0.364. The first-order valence-electron chi connectivity index (χ1n) is 9.84. The number of hydrogen-bond donors (Lipinski definition) is 1. The molecule has 2 aromatic rings. The summed E-state index contributed by atoms with van der Waals surface area (Å²) in [5.41, 5.74) is 2.25. The van der Waals surface area contributed by atoms with E-state index in [-0.39, 0.29) is 36.5 Å². The zero-order valence-corrected chi connectivity index (χ0v) is 17.3. The number of non-ortho nitro benzene ring substituents is 1. The van der Waals surface area contributed by atoms with Gasteiger partial charge in [0.15, 0.2) is 6.61 Å².